The Morgan fingerprint density at radius 2 is 1.81 bits per heavy atom. The lowest BCUT2D eigenvalue weighted by molar-refractivity contribution is -0.121. The van der Waals surface area contributed by atoms with Crippen LogP contribution >= 0.6 is 0 Å². The van der Waals surface area contributed by atoms with Crippen molar-refractivity contribution in [2.24, 2.45) is 5.92 Å². The van der Waals surface area contributed by atoms with E-state index in [1.165, 1.54) is 12.1 Å². The summed E-state index contributed by atoms with van der Waals surface area (Å²) in [6.07, 6.45) is 3.54. The molecule has 4 rings (SSSR count). The molecule has 0 spiro atoms. The summed E-state index contributed by atoms with van der Waals surface area (Å²) in [6, 6.07) is 12.8. The molecule has 1 aromatic heterocycles. The largest absolute Gasteiger partial charge is 0.350 e. The monoisotopic (exact) mass is 443 g/mol. The van der Waals surface area contributed by atoms with Crippen molar-refractivity contribution in [2.45, 2.75) is 37.8 Å². The van der Waals surface area contributed by atoms with Gasteiger partial charge in [-0.2, -0.15) is 4.31 Å². The second kappa shape index (κ2) is 8.80. The smallest absolute Gasteiger partial charge is 0.243 e. The molecule has 1 saturated heterocycles. The number of halogens is 1. The van der Waals surface area contributed by atoms with Gasteiger partial charge in [-0.3, -0.25) is 4.79 Å². The Labute approximate surface area is 181 Å². The lowest BCUT2D eigenvalue weighted by Gasteiger charge is -2.29. The van der Waals surface area contributed by atoms with E-state index in [9.17, 15) is 17.6 Å². The van der Waals surface area contributed by atoms with Crippen LogP contribution in [0.5, 0.6) is 0 Å². The molecule has 1 amide bonds. The summed E-state index contributed by atoms with van der Waals surface area (Å²) in [4.78, 5) is 12.6. The van der Waals surface area contributed by atoms with Crippen molar-refractivity contribution in [3.05, 3.63) is 66.1 Å². The second-order valence-electron chi connectivity index (χ2n) is 8.15. The predicted octanol–water partition coefficient (Wildman–Crippen LogP) is 3.52. The minimum absolute atomic E-state index is 0.112. The van der Waals surface area contributed by atoms with E-state index in [-0.39, 0.29) is 23.2 Å². The average Bonchev–Trinajstić information content (AvgIpc) is 3.15. The van der Waals surface area contributed by atoms with Crippen molar-refractivity contribution in [3.63, 3.8) is 0 Å². The Kier molecular flexibility index (Phi) is 6.11. The SMILES string of the molecule is CC1CCN(S(=O)(=O)c2ccc3c(ccn3CC(=O)NCc3ccc(F)cc3)c2)CC1. The summed E-state index contributed by atoms with van der Waals surface area (Å²) in [6.45, 7) is 3.68. The zero-order valence-corrected chi connectivity index (χ0v) is 18.2. The van der Waals surface area contributed by atoms with E-state index in [1.807, 2.05) is 6.07 Å². The molecule has 0 atom stereocenters. The average molecular weight is 444 g/mol. The van der Waals surface area contributed by atoms with E-state index < -0.39 is 10.0 Å². The van der Waals surface area contributed by atoms with Gasteiger partial charge in [0.1, 0.15) is 12.4 Å². The number of nitrogens with zero attached hydrogens (tertiary/aromatic N) is 2. The maximum atomic E-state index is 13.0. The molecule has 1 fully saturated rings. The standard InChI is InChI=1S/C23H26FN3O3S/c1-17-8-12-27(13-9-17)31(29,30)21-6-7-22-19(14-21)10-11-26(22)16-23(28)25-15-18-2-4-20(24)5-3-18/h2-7,10-11,14,17H,8-9,12-13,15-16H2,1H3,(H,25,28). The first kappa shape index (κ1) is 21.5. The van der Waals surface area contributed by atoms with E-state index in [1.54, 1.807) is 45.4 Å². The Hall–Kier alpha value is -2.71. The van der Waals surface area contributed by atoms with E-state index in [4.69, 9.17) is 0 Å². The zero-order valence-electron chi connectivity index (χ0n) is 17.4. The Bertz CT molecular complexity index is 1180. The van der Waals surface area contributed by atoms with Crippen LogP contribution in [0.15, 0.2) is 59.6 Å². The number of piperidine rings is 1. The Balaban J connectivity index is 1.44. The molecule has 0 saturated carbocycles. The van der Waals surface area contributed by atoms with Crippen LogP contribution in [0.2, 0.25) is 0 Å². The molecule has 8 heteroatoms. The number of hydrogen-bond acceptors (Lipinski definition) is 3. The fraction of sp³-hybridized carbons (Fsp3) is 0.348. The first-order valence-corrected chi connectivity index (χ1v) is 11.9. The van der Waals surface area contributed by atoms with Gasteiger partial charge in [0.15, 0.2) is 0 Å². The molecular formula is C23H26FN3O3S. The van der Waals surface area contributed by atoms with Crippen molar-refractivity contribution in [3.8, 4) is 0 Å². The lowest BCUT2D eigenvalue weighted by atomic mass is 10.0. The first-order chi connectivity index (χ1) is 14.8. The molecule has 2 aromatic carbocycles. The zero-order chi connectivity index (χ0) is 22.0. The third-order valence-corrected chi connectivity index (χ3v) is 7.73. The van der Waals surface area contributed by atoms with E-state index in [0.717, 1.165) is 29.3 Å². The summed E-state index contributed by atoms with van der Waals surface area (Å²) < 4.78 is 42.3. The van der Waals surface area contributed by atoms with Crippen LogP contribution in [0.3, 0.4) is 0 Å². The highest BCUT2D eigenvalue weighted by Crippen LogP contribution is 2.26. The van der Waals surface area contributed by atoms with Gasteiger partial charge in [0, 0.05) is 36.7 Å². The molecule has 0 bridgehead atoms. The van der Waals surface area contributed by atoms with Crippen LogP contribution in [0.25, 0.3) is 10.9 Å². The molecular weight excluding hydrogens is 417 g/mol. The van der Waals surface area contributed by atoms with E-state index in [2.05, 4.69) is 12.2 Å². The number of amides is 1. The molecule has 1 N–H and O–H groups in total. The summed E-state index contributed by atoms with van der Waals surface area (Å²) >= 11 is 0. The van der Waals surface area contributed by atoms with Gasteiger partial charge >= 0.3 is 0 Å². The van der Waals surface area contributed by atoms with Crippen molar-refractivity contribution >= 4 is 26.8 Å². The lowest BCUT2D eigenvalue weighted by Crippen LogP contribution is -2.37. The van der Waals surface area contributed by atoms with Gasteiger partial charge < -0.3 is 9.88 Å². The molecule has 0 aliphatic carbocycles. The number of carbonyl (C=O) groups is 1. The second-order valence-corrected chi connectivity index (χ2v) is 10.1. The number of rotatable bonds is 6. The molecule has 6 nitrogen and oxygen atoms in total. The van der Waals surface area contributed by atoms with E-state index in [0.29, 0.717) is 25.6 Å². The maximum Gasteiger partial charge on any atom is 0.243 e. The normalized spacial score (nSPS) is 15.9. The van der Waals surface area contributed by atoms with E-state index >= 15 is 0 Å². The van der Waals surface area contributed by atoms with Crippen molar-refractivity contribution in [2.75, 3.05) is 13.1 Å². The van der Waals surface area contributed by atoms with Gasteiger partial charge in [-0.15, -0.1) is 0 Å². The summed E-state index contributed by atoms with van der Waals surface area (Å²) in [5, 5.41) is 3.59. The van der Waals surface area contributed by atoms with Gasteiger partial charge in [-0.1, -0.05) is 19.1 Å². The highest BCUT2D eigenvalue weighted by Gasteiger charge is 2.28. The predicted molar refractivity (Wildman–Crippen MR) is 117 cm³/mol. The minimum atomic E-state index is -3.51. The molecule has 1 aliphatic heterocycles. The summed E-state index contributed by atoms with van der Waals surface area (Å²) in [7, 11) is -3.51. The fourth-order valence-corrected chi connectivity index (χ4v) is 5.37. The van der Waals surface area contributed by atoms with Crippen LogP contribution in [0.1, 0.15) is 25.3 Å². The van der Waals surface area contributed by atoms with Crippen molar-refractivity contribution in [1.29, 1.82) is 0 Å². The molecule has 3 aromatic rings. The van der Waals surface area contributed by atoms with Crippen LogP contribution in [-0.2, 0) is 27.9 Å². The van der Waals surface area contributed by atoms with Crippen LogP contribution < -0.4 is 5.32 Å². The number of benzene rings is 2. The summed E-state index contributed by atoms with van der Waals surface area (Å²) in [5.41, 5.74) is 1.61. The number of hydrogen-bond donors (Lipinski definition) is 1. The van der Waals surface area contributed by atoms with Crippen molar-refractivity contribution < 1.29 is 17.6 Å². The highest BCUT2D eigenvalue weighted by molar-refractivity contribution is 7.89. The van der Waals surface area contributed by atoms with Gasteiger partial charge in [0.05, 0.1) is 4.90 Å². The van der Waals surface area contributed by atoms with Crippen LogP contribution in [0.4, 0.5) is 4.39 Å². The molecule has 164 valence electrons. The number of sulfonamides is 1. The molecule has 0 radical (unpaired) electrons. The topological polar surface area (TPSA) is 71.4 Å². The van der Waals surface area contributed by atoms with Gasteiger partial charge in [-0.25, -0.2) is 12.8 Å². The van der Waals surface area contributed by atoms with Crippen LogP contribution in [0, 0.1) is 11.7 Å². The molecule has 31 heavy (non-hydrogen) atoms. The molecule has 0 unspecified atom stereocenters. The van der Waals surface area contributed by atoms with Gasteiger partial charge in [0.25, 0.3) is 0 Å². The first-order valence-electron chi connectivity index (χ1n) is 10.4. The number of nitrogens with one attached hydrogen (secondary N) is 1. The minimum Gasteiger partial charge on any atom is -0.350 e. The Morgan fingerprint density at radius 3 is 2.52 bits per heavy atom. The van der Waals surface area contributed by atoms with Gasteiger partial charge in [0.2, 0.25) is 15.9 Å². The maximum absolute atomic E-state index is 13.0. The third-order valence-electron chi connectivity index (χ3n) is 5.84. The molecule has 2 heterocycles. The Morgan fingerprint density at radius 1 is 1.10 bits per heavy atom. The number of fused-ring (bicyclic) bond motifs is 1. The fourth-order valence-electron chi connectivity index (χ4n) is 3.86. The van der Waals surface area contributed by atoms with Gasteiger partial charge in [-0.05, 0) is 60.7 Å². The third kappa shape index (κ3) is 4.80. The quantitative estimate of drug-likeness (QED) is 0.634. The number of aromatic nitrogens is 1. The van der Waals surface area contributed by atoms with Crippen molar-refractivity contribution in [1.82, 2.24) is 14.2 Å². The summed E-state index contributed by atoms with van der Waals surface area (Å²) in [5.74, 6) is 0.0586. The van der Waals surface area contributed by atoms with Crippen LogP contribution in [-0.4, -0.2) is 36.3 Å². The number of carbonyl (C=O) groups excluding carboxylic acids is 1. The molecule has 1 aliphatic rings. The highest BCUT2D eigenvalue weighted by atomic mass is 32.2.